The standard InChI is InChI=1S/C13H20ClNO2S2/c1-10-5-6-13(7-12(10)8-14)19(16,17)15(3)11(2)9-18-4/h5-7,11H,8-9H2,1-4H3. The highest BCUT2D eigenvalue weighted by atomic mass is 35.5. The van der Waals surface area contributed by atoms with Gasteiger partial charge in [-0.3, -0.25) is 0 Å². The highest BCUT2D eigenvalue weighted by molar-refractivity contribution is 7.98. The summed E-state index contributed by atoms with van der Waals surface area (Å²) in [5.41, 5.74) is 1.86. The lowest BCUT2D eigenvalue weighted by Gasteiger charge is -2.24. The summed E-state index contributed by atoms with van der Waals surface area (Å²) >= 11 is 7.47. The summed E-state index contributed by atoms with van der Waals surface area (Å²) < 4.78 is 26.4. The second-order valence-electron chi connectivity index (χ2n) is 4.55. The summed E-state index contributed by atoms with van der Waals surface area (Å²) in [4.78, 5) is 0.309. The number of rotatable bonds is 6. The van der Waals surface area contributed by atoms with Crippen LogP contribution in [0, 0.1) is 6.92 Å². The van der Waals surface area contributed by atoms with Gasteiger partial charge in [-0.1, -0.05) is 6.07 Å². The van der Waals surface area contributed by atoms with E-state index < -0.39 is 10.0 Å². The van der Waals surface area contributed by atoms with Crippen LogP contribution in [-0.4, -0.2) is 37.8 Å². The number of alkyl halides is 1. The van der Waals surface area contributed by atoms with Crippen molar-refractivity contribution in [2.24, 2.45) is 0 Å². The zero-order valence-electron chi connectivity index (χ0n) is 11.7. The molecule has 19 heavy (non-hydrogen) atoms. The first-order valence-corrected chi connectivity index (χ1v) is 9.34. The van der Waals surface area contributed by atoms with Gasteiger partial charge in [-0.05, 0) is 43.4 Å². The summed E-state index contributed by atoms with van der Waals surface area (Å²) in [5.74, 6) is 1.09. The third-order valence-corrected chi connectivity index (χ3v) is 6.24. The third-order valence-electron chi connectivity index (χ3n) is 3.17. The van der Waals surface area contributed by atoms with E-state index in [9.17, 15) is 8.42 Å². The molecule has 1 unspecified atom stereocenters. The monoisotopic (exact) mass is 321 g/mol. The van der Waals surface area contributed by atoms with E-state index in [1.165, 1.54) is 4.31 Å². The molecule has 3 nitrogen and oxygen atoms in total. The summed E-state index contributed by atoms with van der Waals surface area (Å²) in [7, 11) is -1.83. The molecule has 108 valence electrons. The van der Waals surface area contributed by atoms with Crippen molar-refractivity contribution in [3.63, 3.8) is 0 Å². The topological polar surface area (TPSA) is 37.4 Å². The Morgan fingerprint density at radius 3 is 2.58 bits per heavy atom. The Kier molecular flexibility index (Phi) is 6.17. The van der Waals surface area contributed by atoms with E-state index in [0.29, 0.717) is 10.8 Å². The van der Waals surface area contributed by atoms with Crippen molar-refractivity contribution in [2.45, 2.75) is 30.7 Å². The van der Waals surface area contributed by atoms with Gasteiger partial charge in [0.1, 0.15) is 0 Å². The maximum absolute atomic E-state index is 12.5. The van der Waals surface area contributed by atoms with Gasteiger partial charge in [-0.2, -0.15) is 16.1 Å². The van der Waals surface area contributed by atoms with E-state index in [1.54, 1.807) is 37.0 Å². The van der Waals surface area contributed by atoms with Gasteiger partial charge in [0.05, 0.1) is 4.90 Å². The molecule has 0 radical (unpaired) electrons. The normalized spacial score (nSPS) is 13.8. The van der Waals surface area contributed by atoms with Crippen LogP contribution in [0.4, 0.5) is 0 Å². The first kappa shape index (κ1) is 16.8. The zero-order chi connectivity index (χ0) is 14.6. The highest BCUT2D eigenvalue weighted by Crippen LogP contribution is 2.22. The molecule has 0 amide bonds. The maximum Gasteiger partial charge on any atom is 0.243 e. The van der Waals surface area contributed by atoms with E-state index >= 15 is 0 Å². The first-order valence-electron chi connectivity index (χ1n) is 5.97. The van der Waals surface area contributed by atoms with Crippen molar-refractivity contribution in [2.75, 3.05) is 19.1 Å². The predicted octanol–water partition coefficient (Wildman–Crippen LogP) is 3.11. The van der Waals surface area contributed by atoms with Crippen molar-refractivity contribution >= 4 is 33.4 Å². The number of benzene rings is 1. The molecule has 1 atom stereocenters. The Morgan fingerprint density at radius 2 is 2.05 bits per heavy atom. The average Bonchev–Trinajstić information content (AvgIpc) is 2.38. The van der Waals surface area contributed by atoms with Crippen LogP contribution in [0.2, 0.25) is 0 Å². The molecule has 0 N–H and O–H groups in total. The van der Waals surface area contributed by atoms with Crippen molar-refractivity contribution in [1.82, 2.24) is 4.31 Å². The number of sulfonamides is 1. The van der Waals surface area contributed by atoms with Crippen molar-refractivity contribution in [1.29, 1.82) is 0 Å². The van der Waals surface area contributed by atoms with Crippen molar-refractivity contribution in [3.05, 3.63) is 29.3 Å². The second-order valence-corrected chi connectivity index (χ2v) is 7.72. The molecule has 1 aromatic rings. The van der Waals surface area contributed by atoms with Gasteiger partial charge in [0, 0.05) is 24.7 Å². The quantitative estimate of drug-likeness (QED) is 0.756. The van der Waals surface area contributed by atoms with Gasteiger partial charge in [0.15, 0.2) is 0 Å². The van der Waals surface area contributed by atoms with Crippen LogP contribution in [-0.2, 0) is 15.9 Å². The van der Waals surface area contributed by atoms with Crippen LogP contribution >= 0.6 is 23.4 Å². The number of nitrogens with zero attached hydrogens (tertiary/aromatic N) is 1. The van der Waals surface area contributed by atoms with Gasteiger partial charge in [-0.25, -0.2) is 8.42 Å². The minimum atomic E-state index is -3.45. The van der Waals surface area contributed by atoms with Crippen molar-refractivity contribution < 1.29 is 8.42 Å². The number of halogens is 1. The van der Waals surface area contributed by atoms with Crippen LogP contribution in [0.15, 0.2) is 23.1 Å². The largest absolute Gasteiger partial charge is 0.243 e. The van der Waals surface area contributed by atoms with Crippen LogP contribution < -0.4 is 0 Å². The summed E-state index contributed by atoms with van der Waals surface area (Å²) in [6.45, 7) is 3.83. The molecule has 1 aromatic carbocycles. The van der Waals surface area contributed by atoms with Crippen molar-refractivity contribution in [3.8, 4) is 0 Å². The number of hydrogen-bond acceptors (Lipinski definition) is 3. The van der Waals surface area contributed by atoms with Crippen LogP contribution in [0.1, 0.15) is 18.1 Å². The van der Waals surface area contributed by atoms with Crippen LogP contribution in [0.5, 0.6) is 0 Å². The maximum atomic E-state index is 12.5. The van der Waals surface area contributed by atoms with E-state index in [-0.39, 0.29) is 6.04 Å². The van der Waals surface area contributed by atoms with E-state index in [2.05, 4.69) is 0 Å². The van der Waals surface area contributed by atoms with E-state index in [0.717, 1.165) is 16.9 Å². The van der Waals surface area contributed by atoms with Gasteiger partial charge in [-0.15, -0.1) is 11.6 Å². The second kappa shape index (κ2) is 6.97. The molecular weight excluding hydrogens is 302 g/mol. The lowest BCUT2D eigenvalue weighted by molar-refractivity contribution is 0.415. The van der Waals surface area contributed by atoms with Gasteiger partial charge in [0.25, 0.3) is 0 Å². The molecule has 0 bridgehead atoms. The zero-order valence-corrected chi connectivity index (χ0v) is 14.1. The van der Waals surface area contributed by atoms with Gasteiger partial charge in [0.2, 0.25) is 10.0 Å². The smallest absolute Gasteiger partial charge is 0.207 e. The molecule has 0 aliphatic heterocycles. The van der Waals surface area contributed by atoms with Gasteiger partial charge < -0.3 is 0 Å². The molecule has 0 saturated carbocycles. The number of hydrogen-bond donors (Lipinski definition) is 0. The van der Waals surface area contributed by atoms with Crippen LogP contribution in [0.25, 0.3) is 0 Å². The molecule has 0 aromatic heterocycles. The SMILES string of the molecule is CSCC(C)N(C)S(=O)(=O)c1ccc(C)c(CCl)c1. The molecule has 0 saturated heterocycles. The molecule has 0 aliphatic carbocycles. The van der Waals surface area contributed by atoms with E-state index in [1.807, 2.05) is 20.1 Å². The molecule has 0 heterocycles. The van der Waals surface area contributed by atoms with Gasteiger partial charge >= 0.3 is 0 Å². The number of thioether (sulfide) groups is 1. The molecule has 6 heteroatoms. The summed E-state index contributed by atoms with van der Waals surface area (Å²) in [5, 5.41) is 0. The Bertz CT molecular complexity index is 531. The fourth-order valence-corrected chi connectivity index (χ4v) is 4.20. The minimum Gasteiger partial charge on any atom is -0.207 e. The first-order chi connectivity index (χ1) is 8.84. The lowest BCUT2D eigenvalue weighted by atomic mass is 10.1. The molecule has 1 rings (SSSR count). The van der Waals surface area contributed by atoms with Crippen LogP contribution in [0.3, 0.4) is 0 Å². The minimum absolute atomic E-state index is 0.0410. The molecule has 0 spiro atoms. The summed E-state index contributed by atoms with van der Waals surface area (Å²) in [6, 6.07) is 5.07. The fourth-order valence-electron chi connectivity index (χ4n) is 1.70. The molecule has 0 fully saturated rings. The Morgan fingerprint density at radius 1 is 1.42 bits per heavy atom. The summed E-state index contributed by atoms with van der Waals surface area (Å²) in [6.07, 6.45) is 1.97. The average molecular weight is 322 g/mol. The number of aryl methyl sites for hydroxylation is 1. The Hall–Kier alpha value is -0.230. The Labute approximate surface area is 125 Å². The fraction of sp³-hybridized carbons (Fsp3) is 0.538. The Balaban J connectivity index is 3.13. The molecule has 0 aliphatic rings. The third kappa shape index (κ3) is 3.88. The lowest BCUT2D eigenvalue weighted by Crippen LogP contribution is -2.36. The highest BCUT2D eigenvalue weighted by Gasteiger charge is 2.25. The van der Waals surface area contributed by atoms with E-state index in [4.69, 9.17) is 11.6 Å². The molecular formula is C13H20ClNO2S2. The predicted molar refractivity (Wildman–Crippen MR) is 83.5 cm³/mol.